The molecule has 2 amide bonds. The number of carbonyl (C=O) groups excluding carboxylic acids is 1. The van der Waals surface area contributed by atoms with Gasteiger partial charge in [-0.1, -0.05) is 25.1 Å². The van der Waals surface area contributed by atoms with Crippen LogP contribution in [0.5, 0.6) is 0 Å². The second-order valence-electron chi connectivity index (χ2n) is 5.66. The Bertz CT molecular complexity index is 791. The summed E-state index contributed by atoms with van der Waals surface area (Å²) >= 11 is 1.71. The fourth-order valence-electron chi connectivity index (χ4n) is 2.46. The lowest BCUT2D eigenvalue weighted by molar-refractivity contribution is 0.203. The molecule has 6 heteroatoms. The SMILES string of the molecule is CCc1cnc(CCNC(=O)N(C)Cc2cc3ccccc3o2)s1. The maximum Gasteiger partial charge on any atom is 0.317 e. The van der Waals surface area contributed by atoms with E-state index in [2.05, 4.69) is 17.2 Å². The number of nitrogens with zero attached hydrogens (tertiary/aromatic N) is 2. The van der Waals surface area contributed by atoms with E-state index in [9.17, 15) is 4.79 Å². The Balaban J connectivity index is 1.49. The third-order valence-electron chi connectivity index (χ3n) is 3.78. The van der Waals surface area contributed by atoms with Crippen molar-refractivity contribution in [2.75, 3.05) is 13.6 Å². The molecule has 0 saturated heterocycles. The van der Waals surface area contributed by atoms with Crippen LogP contribution in [0.1, 0.15) is 22.6 Å². The number of nitrogens with one attached hydrogen (secondary N) is 1. The van der Waals surface area contributed by atoms with Crippen LogP contribution >= 0.6 is 11.3 Å². The topological polar surface area (TPSA) is 58.4 Å². The Morgan fingerprint density at radius 1 is 1.38 bits per heavy atom. The monoisotopic (exact) mass is 343 g/mol. The number of urea groups is 1. The van der Waals surface area contributed by atoms with Crippen molar-refractivity contribution >= 4 is 28.3 Å². The number of thiazole rings is 1. The Morgan fingerprint density at radius 3 is 2.96 bits per heavy atom. The van der Waals surface area contributed by atoms with E-state index < -0.39 is 0 Å². The summed E-state index contributed by atoms with van der Waals surface area (Å²) in [7, 11) is 1.76. The molecule has 1 aromatic carbocycles. The molecule has 1 N–H and O–H groups in total. The van der Waals surface area contributed by atoms with Crippen LogP contribution in [0.4, 0.5) is 4.79 Å². The molecule has 0 fully saturated rings. The summed E-state index contributed by atoms with van der Waals surface area (Å²) in [5, 5.41) is 5.04. The molecule has 0 saturated carbocycles. The third kappa shape index (κ3) is 3.94. The van der Waals surface area contributed by atoms with Gasteiger partial charge in [-0.05, 0) is 18.6 Å². The van der Waals surface area contributed by atoms with Crippen molar-refractivity contribution in [2.24, 2.45) is 0 Å². The first kappa shape index (κ1) is 16.5. The van der Waals surface area contributed by atoms with Gasteiger partial charge in [-0.25, -0.2) is 9.78 Å². The molecule has 3 aromatic rings. The fourth-order valence-corrected chi connectivity index (χ4v) is 3.32. The van der Waals surface area contributed by atoms with Gasteiger partial charge >= 0.3 is 6.03 Å². The lowest BCUT2D eigenvalue weighted by Crippen LogP contribution is -2.37. The van der Waals surface area contributed by atoms with Crippen LogP contribution in [0, 0.1) is 0 Å². The van der Waals surface area contributed by atoms with Crippen LogP contribution in [-0.2, 0) is 19.4 Å². The Labute approximate surface area is 145 Å². The summed E-state index contributed by atoms with van der Waals surface area (Å²) in [6.45, 7) is 3.14. The summed E-state index contributed by atoms with van der Waals surface area (Å²) in [6.07, 6.45) is 3.68. The lowest BCUT2D eigenvalue weighted by atomic mass is 10.2. The van der Waals surface area contributed by atoms with Crippen molar-refractivity contribution in [1.29, 1.82) is 0 Å². The molecule has 126 valence electrons. The highest BCUT2D eigenvalue weighted by molar-refractivity contribution is 7.11. The van der Waals surface area contributed by atoms with Crippen LogP contribution in [0.25, 0.3) is 11.0 Å². The van der Waals surface area contributed by atoms with Crippen LogP contribution < -0.4 is 5.32 Å². The molecule has 24 heavy (non-hydrogen) atoms. The zero-order valence-corrected chi connectivity index (χ0v) is 14.7. The molecule has 0 spiro atoms. The van der Waals surface area contributed by atoms with E-state index in [1.165, 1.54) is 4.88 Å². The Hall–Kier alpha value is -2.34. The minimum Gasteiger partial charge on any atom is -0.459 e. The van der Waals surface area contributed by atoms with E-state index in [0.29, 0.717) is 13.1 Å². The molecule has 3 rings (SSSR count). The van der Waals surface area contributed by atoms with Crippen molar-refractivity contribution in [3.63, 3.8) is 0 Å². The predicted molar refractivity (Wildman–Crippen MR) is 96.3 cm³/mol. The number of fused-ring (bicyclic) bond motifs is 1. The zero-order valence-electron chi connectivity index (χ0n) is 13.9. The minimum absolute atomic E-state index is 0.109. The number of carbonyl (C=O) groups is 1. The Kier molecular flexibility index (Phi) is 5.15. The first-order valence-electron chi connectivity index (χ1n) is 8.05. The fraction of sp³-hybridized carbons (Fsp3) is 0.333. The average molecular weight is 343 g/mol. The smallest absolute Gasteiger partial charge is 0.317 e. The summed E-state index contributed by atoms with van der Waals surface area (Å²) in [5.41, 5.74) is 0.844. The van der Waals surface area contributed by atoms with Crippen molar-refractivity contribution in [3.8, 4) is 0 Å². The van der Waals surface area contributed by atoms with Gasteiger partial charge in [-0.2, -0.15) is 0 Å². The van der Waals surface area contributed by atoms with Gasteiger partial charge in [0.25, 0.3) is 0 Å². The van der Waals surface area contributed by atoms with Gasteiger partial charge in [0, 0.05) is 36.5 Å². The molecule has 0 bridgehead atoms. The van der Waals surface area contributed by atoms with E-state index in [1.54, 1.807) is 23.3 Å². The summed E-state index contributed by atoms with van der Waals surface area (Å²) in [6, 6.07) is 9.71. The third-order valence-corrected chi connectivity index (χ3v) is 4.98. The molecule has 0 unspecified atom stereocenters. The maximum atomic E-state index is 12.2. The zero-order chi connectivity index (χ0) is 16.9. The van der Waals surface area contributed by atoms with E-state index in [1.807, 2.05) is 36.5 Å². The number of aromatic nitrogens is 1. The van der Waals surface area contributed by atoms with Crippen LogP contribution in [0.15, 0.2) is 40.9 Å². The highest BCUT2D eigenvalue weighted by Crippen LogP contribution is 2.19. The van der Waals surface area contributed by atoms with E-state index in [-0.39, 0.29) is 6.03 Å². The molecule has 2 aromatic heterocycles. The van der Waals surface area contributed by atoms with Crippen molar-refractivity contribution in [3.05, 3.63) is 52.2 Å². The number of aryl methyl sites for hydroxylation is 1. The number of furan rings is 1. The number of hydrogen-bond donors (Lipinski definition) is 1. The Morgan fingerprint density at radius 2 is 2.21 bits per heavy atom. The van der Waals surface area contributed by atoms with Crippen LogP contribution in [0.2, 0.25) is 0 Å². The molecule has 0 aliphatic rings. The van der Waals surface area contributed by atoms with Gasteiger partial charge in [-0.15, -0.1) is 11.3 Å². The number of rotatable bonds is 6. The van der Waals surface area contributed by atoms with E-state index >= 15 is 0 Å². The van der Waals surface area contributed by atoms with Crippen LogP contribution in [-0.4, -0.2) is 29.5 Å². The number of hydrogen-bond acceptors (Lipinski definition) is 4. The summed E-state index contributed by atoms with van der Waals surface area (Å²) in [5.74, 6) is 0.779. The summed E-state index contributed by atoms with van der Waals surface area (Å²) < 4.78 is 5.75. The molecule has 0 radical (unpaired) electrons. The number of para-hydroxylation sites is 1. The average Bonchev–Trinajstić information content (AvgIpc) is 3.20. The predicted octanol–water partition coefficient (Wildman–Crippen LogP) is 3.84. The van der Waals surface area contributed by atoms with Crippen LogP contribution in [0.3, 0.4) is 0 Å². The first-order chi connectivity index (χ1) is 11.7. The van der Waals surface area contributed by atoms with Crippen molar-refractivity contribution in [2.45, 2.75) is 26.3 Å². The second-order valence-corrected chi connectivity index (χ2v) is 6.86. The van der Waals surface area contributed by atoms with E-state index in [4.69, 9.17) is 4.42 Å². The van der Waals surface area contributed by atoms with Gasteiger partial charge in [0.2, 0.25) is 0 Å². The molecule has 0 atom stereocenters. The molecule has 5 nitrogen and oxygen atoms in total. The lowest BCUT2D eigenvalue weighted by Gasteiger charge is -2.16. The minimum atomic E-state index is -0.109. The number of amides is 2. The van der Waals surface area contributed by atoms with Crippen molar-refractivity contribution < 1.29 is 9.21 Å². The highest BCUT2D eigenvalue weighted by Gasteiger charge is 2.12. The van der Waals surface area contributed by atoms with Crippen molar-refractivity contribution in [1.82, 2.24) is 15.2 Å². The molecular weight excluding hydrogens is 322 g/mol. The standard InChI is InChI=1S/C18H21N3O2S/c1-3-15-11-20-17(24-15)8-9-19-18(22)21(2)12-14-10-13-6-4-5-7-16(13)23-14/h4-7,10-11H,3,8-9,12H2,1-2H3,(H,19,22). The maximum absolute atomic E-state index is 12.2. The van der Waals surface area contributed by atoms with Gasteiger partial charge in [-0.3, -0.25) is 0 Å². The second kappa shape index (κ2) is 7.49. The van der Waals surface area contributed by atoms with Gasteiger partial charge in [0.15, 0.2) is 0 Å². The first-order valence-corrected chi connectivity index (χ1v) is 8.87. The molecule has 0 aliphatic carbocycles. The molecule has 0 aliphatic heterocycles. The molecule has 2 heterocycles. The summed E-state index contributed by atoms with van der Waals surface area (Å²) in [4.78, 5) is 19.4. The van der Waals surface area contributed by atoms with Gasteiger partial charge in [0.05, 0.1) is 11.6 Å². The highest BCUT2D eigenvalue weighted by atomic mass is 32.1. The van der Waals surface area contributed by atoms with E-state index in [0.717, 1.165) is 34.6 Å². The molecular formula is C18H21N3O2S. The number of benzene rings is 1. The van der Waals surface area contributed by atoms with Gasteiger partial charge < -0.3 is 14.6 Å². The van der Waals surface area contributed by atoms with Gasteiger partial charge in [0.1, 0.15) is 11.3 Å². The quantitative estimate of drug-likeness (QED) is 0.740. The largest absolute Gasteiger partial charge is 0.459 e. The normalized spacial score (nSPS) is 10.9.